The molecule has 2 aromatic rings. The lowest BCUT2D eigenvalue weighted by Gasteiger charge is -2.11. The molecule has 0 unspecified atom stereocenters. The van der Waals surface area contributed by atoms with Gasteiger partial charge in [-0.25, -0.2) is 0 Å². The van der Waals surface area contributed by atoms with E-state index in [1.165, 1.54) is 0 Å². The number of hydrogen-bond donors (Lipinski definition) is 2. The summed E-state index contributed by atoms with van der Waals surface area (Å²) >= 11 is 2.22. The standard InChI is InChI=1S/C15H15IN2O/c1-10-6-7-14(17-2)13(8-10)15(19)18-12-5-3-4-11(16)9-12/h3-9,17H,1-2H3,(H,18,19). The predicted octanol–water partition coefficient (Wildman–Crippen LogP) is 3.89. The summed E-state index contributed by atoms with van der Waals surface area (Å²) in [4.78, 5) is 12.3. The van der Waals surface area contributed by atoms with E-state index in [9.17, 15) is 4.79 Å². The Balaban J connectivity index is 2.27. The number of benzene rings is 2. The fraction of sp³-hybridized carbons (Fsp3) is 0.133. The third-order valence-electron chi connectivity index (χ3n) is 2.77. The van der Waals surface area contributed by atoms with Crippen LogP contribution in [0.3, 0.4) is 0 Å². The second-order valence-corrected chi connectivity index (χ2v) is 5.51. The van der Waals surface area contributed by atoms with Crippen LogP contribution < -0.4 is 10.6 Å². The molecule has 0 aliphatic carbocycles. The first-order chi connectivity index (χ1) is 9.10. The van der Waals surface area contributed by atoms with Crippen LogP contribution in [0.4, 0.5) is 11.4 Å². The number of aryl methyl sites for hydroxylation is 1. The first-order valence-electron chi connectivity index (χ1n) is 5.95. The van der Waals surface area contributed by atoms with E-state index in [0.717, 1.165) is 20.5 Å². The van der Waals surface area contributed by atoms with Crippen molar-refractivity contribution < 1.29 is 4.79 Å². The SMILES string of the molecule is CNc1ccc(C)cc1C(=O)Nc1cccc(I)c1. The Morgan fingerprint density at radius 2 is 1.95 bits per heavy atom. The highest BCUT2D eigenvalue weighted by atomic mass is 127. The molecule has 1 amide bonds. The van der Waals surface area contributed by atoms with Gasteiger partial charge in [0.05, 0.1) is 5.56 Å². The smallest absolute Gasteiger partial charge is 0.257 e. The number of anilines is 2. The average Bonchev–Trinajstić information content (AvgIpc) is 2.38. The van der Waals surface area contributed by atoms with Gasteiger partial charge in [-0.1, -0.05) is 17.7 Å². The van der Waals surface area contributed by atoms with Gasteiger partial charge in [-0.2, -0.15) is 0 Å². The molecule has 2 rings (SSSR count). The van der Waals surface area contributed by atoms with Gasteiger partial charge in [0.25, 0.3) is 5.91 Å². The van der Waals surface area contributed by atoms with Crippen LogP contribution in [0.2, 0.25) is 0 Å². The Morgan fingerprint density at radius 1 is 1.16 bits per heavy atom. The van der Waals surface area contributed by atoms with Crippen molar-refractivity contribution in [2.45, 2.75) is 6.92 Å². The maximum Gasteiger partial charge on any atom is 0.257 e. The Bertz CT molecular complexity index is 611. The lowest BCUT2D eigenvalue weighted by atomic mass is 10.1. The van der Waals surface area contributed by atoms with E-state index in [4.69, 9.17) is 0 Å². The Labute approximate surface area is 126 Å². The van der Waals surface area contributed by atoms with Gasteiger partial charge >= 0.3 is 0 Å². The molecule has 0 aliphatic heterocycles. The third kappa shape index (κ3) is 3.47. The Hall–Kier alpha value is -1.56. The van der Waals surface area contributed by atoms with E-state index >= 15 is 0 Å². The number of amides is 1. The zero-order valence-corrected chi connectivity index (χ0v) is 13.0. The molecular formula is C15H15IN2O. The molecule has 0 spiro atoms. The molecule has 98 valence electrons. The topological polar surface area (TPSA) is 41.1 Å². The molecule has 0 saturated heterocycles. The molecule has 0 saturated carbocycles. The maximum absolute atomic E-state index is 12.3. The van der Waals surface area contributed by atoms with Crippen LogP contribution in [0.5, 0.6) is 0 Å². The van der Waals surface area contributed by atoms with Gasteiger partial charge in [0, 0.05) is 22.0 Å². The minimum atomic E-state index is -0.102. The Kier molecular flexibility index (Phi) is 4.42. The van der Waals surface area contributed by atoms with E-state index in [-0.39, 0.29) is 5.91 Å². The van der Waals surface area contributed by atoms with Gasteiger partial charge in [0.1, 0.15) is 0 Å². The molecule has 4 heteroatoms. The van der Waals surface area contributed by atoms with Crippen molar-refractivity contribution in [2.75, 3.05) is 17.7 Å². The van der Waals surface area contributed by atoms with Crippen molar-refractivity contribution in [1.82, 2.24) is 0 Å². The number of carbonyl (C=O) groups is 1. The van der Waals surface area contributed by atoms with Crippen LogP contribution in [-0.4, -0.2) is 13.0 Å². The second-order valence-electron chi connectivity index (χ2n) is 4.26. The van der Waals surface area contributed by atoms with Crippen molar-refractivity contribution in [3.05, 3.63) is 57.2 Å². The van der Waals surface area contributed by atoms with E-state index in [1.807, 2.05) is 56.4 Å². The molecule has 3 nitrogen and oxygen atoms in total. The van der Waals surface area contributed by atoms with E-state index in [1.54, 1.807) is 0 Å². The van der Waals surface area contributed by atoms with Crippen molar-refractivity contribution in [3.63, 3.8) is 0 Å². The summed E-state index contributed by atoms with van der Waals surface area (Å²) in [5.41, 5.74) is 3.35. The van der Waals surface area contributed by atoms with Crippen LogP contribution in [-0.2, 0) is 0 Å². The van der Waals surface area contributed by atoms with Crippen molar-refractivity contribution >= 4 is 39.9 Å². The first-order valence-corrected chi connectivity index (χ1v) is 7.03. The number of halogens is 1. The first kappa shape index (κ1) is 13.9. The summed E-state index contributed by atoms with van der Waals surface area (Å²) in [7, 11) is 1.81. The van der Waals surface area contributed by atoms with Crippen LogP contribution in [0.1, 0.15) is 15.9 Å². The summed E-state index contributed by atoms with van der Waals surface area (Å²) < 4.78 is 1.09. The van der Waals surface area contributed by atoms with Crippen LogP contribution in [0.25, 0.3) is 0 Å². The van der Waals surface area contributed by atoms with Crippen molar-refractivity contribution in [2.24, 2.45) is 0 Å². The highest BCUT2D eigenvalue weighted by molar-refractivity contribution is 14.1. The van der Waals surface area contributed by atoms with E-state index < -0.39 is 0 Å². The summed E-state index contributed by atoms with van der Waals surface area (Å²) in [5.74, 6) is -0.102. The fourth-order valence-electron chi connectivity index (χ4n) is 1.83. The van der Waals surface area contributed by atoms with Gasteiger partial charge in [0.15, 0.2) is 0 Å². The minimum Gasteiger partial charge on any atom is -0.387 e. The van der Waals surface area contributed by atoms with Gasteiger partial charge < -0.3 is 10.6 Å². The molecule has 0 heterocycles. The lowest BCUT2D eigenvalue weighted by molar-refractivity contribution is 0.102. The number of nitrogens with one attached hydrogen (secondary N) is 2. The molecule has 2 N–H and O–H groups in total. The van der Waals surface area contributed by atoms with Gasteiger partial charge in [-0.3, -0.25) is 4.79 Å². The lowest BCUT2D eigenvalue weighted by Crippen LogP contribution is -2.14. The summed E-state index contributed by atoms with van der Waals surface area (Å²) in [6, 6.07) is 13.5. The molecule has 0 aliphatic rings. The van der Waals surface area contributed by atoms with Crippen LogP contribution in [0, 0.1) is 10.5 Å². The maximum atomic E-state index is 12.3. The van der Waals surface area contributed by atoms with Gasteiger partial charge in [-0.05, 0) is 59.8 Å². The van der Waals surface area contributed by atoms with E-state index in [2.05, 4.69) is 33.2 Å². The Morgan fingerprint density at radius 3 is 2.63 bits per heavy atom. The minimum absolute atomic E-state index is 0.102. The fourth-order valence-corrected chi connectivity index (χ4v) is 2.37. The molecule has 2 aromatic carbocycles. The average molecular weight is 366 g/mol. The largest absolute Gasteiger partial charge is 0.387 e. The normalized spacial score (nSPS) is 10.1. The molecule has 0 radical (unpaired) electrons. The zero-order valence-electron chi connectivity index (χ0n) is 10.8. The third-order valence-corrected chi connectivity index (χ3v) is 3.44. The van der Waals surface area contributed by atoms with Crippen molar-refractivity contribution in [3.8, 4) is 0 Å². The predicted molar refractivity (Wildman–Crippen MR) is 87.8 cm³/mol. The number of rotatable bonds is 3. The van der Waals surface area contributed by atoms with Crippen LogP contribution in [0.15, 0.2) is 42.5 Å². The van der Waals surface area contributed by atoms with Crippen molar-refractivity contribution in [1.29, 1.82) is 0 Å². The molecule has 0 aromatic heterocycles. The van der Waals surface area contributed by atoms with Gasteiger partial charge in [-0.15, -0.1) is 0 Å². The zero-order chi connectivity index (χ0) is 13.8. The van der Waals surface area contributed by atoms with Gasteiger partial charge in [0.2, 0.25) is 0 Å². The highest BCUT2D eigenvalue weighted by Gasteiger charge is 2.11. The van der Waals surface area contributed by atoms with E-state index in [0.29, 0.717) is 5.56 Å². The summed E-state index contributed by atoms with van der Waals surface area (Å²) in [6.45, 7) is 1.97. The molecule has 0 bridgehead atoms. The highest BCUT2D eigenvalue weighted by Crippen LogP contribution is 2.19. The molecular weight excluding hydrogens is 351 g/mol. The summed E-state index contributed by atoms with van der Waals surface area (Å²) in [6.07, 6.45) is 0. The van der Waals surface area contributed by atoms with Crippen LogP contribution >= 0.6 is 22.6 Å². The second kappa shape index (κ2) is 6.06. The molecule has 0 atom stereocenters. The number of hydrogen-bond acceptors (Lipinski definition) is 2. The number of carbonyl (C=O) groups excluding carboxylic acids is 1. The quantitative estimate of drug-likeness (QED) is 0.810. The molecule has 19 heavy (non-hydrogen) atoms. The molecule has 0 fully saturated rings. The summed E-state index contributed by atoms with van der Waals surface area (Å²) in [5, 5.41) is 5.96. The monoisotopic (exact) mass is 366 g/mol.